The molecule has 9 heteroatoms. The number of hydrogen-bond acceptors (Lipinski definition) is 8. The summed E-state index contributed by atoms with van der Waals surface area (Å²) in [5.74, 6) is 2.47. The maximum atomic E-state index is 5.89. The van der Waals surface area contributed by atoms with E-state index in [1.165, 1.54) is 0 Å². The second kappa shape index (κ2) is 5.68. The van der Waals surface area contributed by atoms with Crippen molar-refractivity contribution >= 4 is 22.9 Å². The molecule has 1 aliphatic rings. The van der Waals surface area contributed by atoms with Crippen molar-refractivity contribution in [2.75, 3.05) is 24.6 Å². The van der Waals surface area contributed by atoms with Crippen molar-refractivity contribution in [3.63, 3.8) is 0 Å². The van der Waals surface area contributed by atoms with Gasteiger partial charge in [0.2, 0.25) is 5.95 Å². The van der Waals surface area contributed by atoms with Crippen LogP contribution in [0.2, 0.25) is 0 Å². The molecule has 0 aliphatic carbocycles. The number of aromatic nitrogens is 6. The summed E-state index contributed by atoms with van der Waals surface area (Å²) in [6, 6.07) is 1.96. The van der Waals surface area contributed by atoms with Gasteiger partial charge in [-0.3, -0.25) is 4.90 Å². The van der Waals surface area contributed by atoms with Gasteiger partial charge in [-0.2, -0.15) is 9.97 Å². The fraction of sp³-hybridized carbons (Fsp3) is 0.400. The average Bonchev–Trinajstić information content (AvgIpc) is 3.14. The van der Waals surface area contributed by atoms with Gasteiger partial charge in [-0.1, -0.05) is 0 Å². The van der Waals surface area contributed by atoms with E-state index in [-0.39, 0.29) is 5.95 Å². The summed E-state index contributed by atoms with van der Waals surface area (Å²) >= 11 is 0. The Hall–Kier alpha value is -2.81. The van der Waals surface area contributed by atoms with Crippen LogP contribution in [-0.4, -0.2) is 47.9 Å². The number of nitrogens with one attached hydrogen (secondary N) is 1. The van der Waals surface area contributed by atoms with Crippen LogP contribution in [0.5, 0.6) is 0 Å². The van der Waals surface area contributed by atoms with Crippen molar-refractivity contribution in [3.05, 3.63) is 29.6 Å². The predicted molar refractivity (Wildman–Crippen MR) is 89.9 cm³/mol. The lowest BCUT2D eigenvalue weighted by atomic mass is 10.1. The van der Waals surface area contributed by atoms with Gasteiger partial charge < -0.3 is 16.5 Å². The number of fused-ring (bicyclic) bond motifs is 1. The van der Waals surface area contributed by atoms with Crippen LogP contribution in [0.3, 0.4) is 0 Å². The lowest BCUT2D eigenvalue weighted by Gasteiger charge is -2.14. The van der Waals surface area contributed by atoms with E-state index >= 15 is 0 Å². The number of nitrogen functional groups attached to an aromatic ring is 2. The Balaban J connectivity index is 1.51. The number of H-pyrrole nitrogens is 1. The first-order chi connectivity index (χ1) is 11.6. The van der Waals surface area contributed by atoms with Crippen LogP contribution in [0, 0.1) is 6.92 Å². The van der Waals surface area contributed by atoms with Crippen LogP contribution in [0.25, 0.3) is 11.2 Å². The lowest BCUT2D eigenvalue weighted by molar-refractivity contribution is 0.321. The van der Waals surface area contributed by atoms with Gasteiger partial charge in [0.15, 0.2) is 11.5 Å². The molecule has 0 spiro atoms. The van der Waals surface area contributed by atoms with Gasteiger partial charge in [-0.05, 0) is 26.0 Å². The molecule has 0 radical (unpaired) electrons. The van der Waals surface area contributed by atoms with Crippen molar-refractivity contribution in [2.24, 2.45) is 0 Å². The largest absolute Gasteiger partial charge is 0.382 e. The van der Waals surface area contributed by atoms with E-state index in [0.717, 1.165) is 43.4 Å². The first-order valence-electron chi connectivity index (χ1n) is 7.88. The number of aromatic amines is 1. The molecule has 4 heterocycles. The molecular weight excluding hydrogens is 306 g/mol. The third kappa shape index (κ3) is 2.73. The molecule has 3 aromatic heterocycles. The van der Waals surface area contributed by atoms with Gasteiger partial charge in [0.1, 0.15) is 17.2 Å². The molecule has 0 amide bonds. The van der Waals surface area contributed by atoms with Crippen LogP contribution >= 0.6 is 0 Å². The van der Waals surface area contributed by atoms with E-state index in [0.29, 0.717) is 22.9 Å². The maximum absolute atomic E-state index is 5.89. The van der Waals surface area contributed by atoms with Gasteiger partial charge in [0.25, 0.3) is 0 Å². The SMILES string of the molecule is Cc1nccc(CN2CCC(c3nc4nc(N)nc(N)c4[nH]3)C2)n1. The number of hydrogen-bond donors (Lipinski definition) is 3. The standard InChI is InChI=1S/C15H19N9/c1-8-18-4-2-10(19-8)7-24-5-3-9(6-24)13-20-11-12(16)21-15(17)23-14(11)22-13/h2,4,9H,3,5-7H2,1H3,(H5,16,17,20,21,22,23). The van der Waals surface area contributed by atoms with Crippen molar-refractivity contribution in [2.45, 2.75) is 25.8 Å². The van der Waals surface area contributed by atoms with Crippen molar-refractivity contribution in [1.82, 2.24) is 34.8 Å². The monoisotopic (exact) mass is 325 g/mol. The molecule has 0 aromatic carbocycles. The van der Waals surface area contributed by atoms with Crippen LogP contribution in [-0.2, 0) is 6.54 Å². The third-order valence-electron chi connectivity index (χ3n) is 4.29. The fourth-order valence-electron chi connectivity index (χ4n) is 3.17. The van der Waals surface area contributed by atoms with E-state index in [1.807, 2.05) is 13.0 Å². The highest BCUT2D eigenvalue weighted by molar-refractivity contribution is 5.82. The van der Waals surface area contributed by atoms with Crippen LogP contribution in [0.4, 0.5) is 11.8 Å². The molecule has 9 nitrogen and oxygen atoms in total. The second-order valence-corrected chi connectivity index (χ2v) is 6.10. The molecular formula is C15H19N9. The van der Waals surface area contributed by atoms with Crippen LogP contribution in [0.1, 0.15) is 29.7 Å². The number of anilines is 2. The number of aryl methyl sites for hydroxylation is 1. The molecule has 4 rings (SSSR count). The van der Waals surface area contributed by atoms with E-state index in [2.05, 4.69) is 34.8 Å². The Morgan fingerprint density at radius 3 is 2.96 bits per heavy atom. The summed E-state index contributed by atoms with van der Waals surface area (Å²) in [4.78, 5) is 26.9. The maximum Gasteiger partial charge on any atom is 0.224 e. The first-order valence-corrected chi connectivity index (χ1v) is 7.88. The summed E-state index contributed by atoms with van der Waals surface area (Å²) in [5.41, 5.74) is 13.7. The quantitative estimate of drug-likeness (QED) is 0.637. The highest BCUT2D eigenvalue weighted by Gasteiger charge is 2.27. The second-order valence-electron chi connectivity index (χ2n) is 6.10. The van der Waals surface area contributed by atoms with Gasteiger partial charge in [0, 0.05) is 25.2 Å². The minimum atomic E-state index is 0.144. The molecule has 1 aliphatic heterocycles. The molecule has 24 heavy (non-hydrogen) atoms. The van der Waals surface area contributed by atoms with Gasteiger partial charge in [-0.25, -0.2) is 15.0 Å². The number of nitrogens with two attached hydrogens (primary N) is 2. The Bertz CT molecular complexity index is 888. The van der Waals surface area contributed by atoms with Crippen LogP contribution in [0.15, 0.2) is 12.3 Å². The molecule has 1 unspecified atom stereocenters. The number of nitrogens with zero attached hydrogens (tertiary/aromatic N) is 6. The Kier molecular flexibility index (Phi) is 3.49. The third-order valence-corrected chi connectivity index (χ3v) is 4.29. The first kappa shape index (κ1) is 14.8. The summed E-state index contributed by atoms with van der Waals surface area (Å²) in [5, 5.41) is 0. The van der Waals surface area contributed by atoms with E-state index in [1.54, 1.807) is 6.20 Å². The normalized spacial score (nSPS) is 18.5. The Labute approximate surface area is 138 Å². The summed E-state index contributed by atoms with van der Waals surface area (Å²) in [7, 11) is 0. The van der Waals surface area contributed by atoms with Crippen molar-refractivity contribution < 1.29 is 0 Å². The fourth-order valence-corrected chi connectivity index (χ4v) is 3.17. The summed E-state index contributed by atoms with van der Waals surface area (Å²) in [6.45, 7) is 4.62. The van der Waals surface area contributed by atoms with Crippen LogP contribution < -0.4 is 11.5 Å². The average molecular weight is 325 g/mol. The Morgan fingerprint density at radius 2 is 2.12 bits per heavy atom. The molecule has 124 valence electrons. The topological polar surface area (TPSA) is 136 Å². The van der Waals surface area contributed by atoms with Gasteiger partial charge >= 0.3 is 0 Å². The molecule has 3 aromatic rings. The molecule has 0 bridgehead atoms. The molecule has 0 saturated carbocycles. The highest BCUT2D eigenvalue weighted by Crippen LogP contribution is 2.28. The minimum Gasteiger partial charge on any atom is -0.382 e. The minimum absolute atomic E-state index is 0.144. The number of imidazole rings is 1. The van der Waals surface area contributed by atoms with Crippen molar-refractivity contribution in [3.8, 4) is 0 Å². The van der Waals surface area contributed by atoms with E-state index in [9.17, 15) is 0 Å². The molecule has 1 saturated heterocycles. The van der Waals surface area contributed by atoms with Crippen molar-refractivity contribution in [1.29, 1.82) is 0 Å². The zero-order valence-corrected chi connectivity index (χ0v) is 13.4. The molecule has 5 N–H and O–H groups in total. The summed E-state index contributed by atoms with van der Waals surface area (Å²) < 4.78 is 0. The highest BCUT2D eigenvalue weighted by atomic mass is 15.2. The Morgan fingerprint density at radius 1 is 1.25 bits per heavy atom. The smallest absolute Gasteiger partial charge is 0.224 e. The zero-order valence-electron chi connectivity index (χ0n) is 13.4. The molecule has 1 atom stereocenters. The zero-order chi connectivity index (χ0) is 16.7. The molecule has 1 fully saturated rings. The summed E-state index contributed by atoms with van der Waals surface area (Å²) in [6.07, 6.45) is 2.82. The number of likely N-dealkylation sites (tertiary alicyclic amines) is 1. The van der Waals surface area contributed by atoms with E-state index in [4.69, 9.17) is 11.5 Å². The number of rotatable bonds is 3. The van der Waals surface area contributed by atoms with E-state index < -0.39 is 0 Å². The lowest BCUT2D eigenvalue weighted by Crippen LogP contribution is -2.20. The predicted octanol–water partition coefficient (Wildman–Crippen LogP) is 0.605. The van der Waals surface area contributed by atoms with Gasteiger partial charge in [0.05, 0.1) is 5.69 Å². The van der Waals surface area contributed by atoms with Gasteiger partial charge in [-0.15, -0.1) is 0 Å².